The number of anilines is 2. The summed E-state index contributed by atoms with van der Waals surface area (Å²) in [5.41, 5.74) is 24.2. The van der Waals surface area contributed by atoms with Gasteiger partial charge in [0, 0.05) is 115 Å². The highest BCUT2D eigenvalue weighted by Gasteiger charge is 2.28. The van der Waals surface area contributed by atoms with Crippen LogP contribution < -0.4 is 22.1 Å². The number of aliphatic hydroxyl groups excluding tert-OH is 1. The van der Waals surface area contributed by atoms with Crippen molar-refractivity contribution in [2.75, 3.05) is 44.3 Å². The number of rotatable bonds is 8. The summed E-state index contributed by atoms with van der Waals surface area (Å²) in [5.74, 6) is 1.68. The van der Waals surface area contributed by atoms with Crippen molar-refractivity contribution >= 4 is 22.9 Å². The van der Waals surface area contributed by atoms with Gasteiger partial charge in [-0.3, -0.25) is 18.7 Å². The second kappa shape index (κ2) is 15.5. The van der Waals surface area contributed by atoms with Gasteiger partial charge in [0.1, 0.15) is 11.6 Å². The summed E-state index contributed by atoms with van der Waals surface area (Å²) in [5, 5.41) is 42.5. The number of nitrogens with zero attached hydrogens (tertiary/aromatic N) is 14. The average Bonchev–Trinajstić information content (AvgIpc) is 4.10. The highest BCUT2D eigenvalue weighted by atomic mass is 16.3. The summed E-state index contributed by atoms with van der Waals surface area (Å²) in [4.78, 5) is 10.2. The van der Waals surface area contributed by atoms with Crippen LogP contribution in [0.5, 0.6) is 0 Å². The molecule has 2 unspecified atom stereocenters. The van der Waals surface area contributed by atoms with Gasteiger partial charge >= 0.3 is 0 Å². The minimum Gasteiger partial charge on any atom is -0.394 e. The van der Waals surface area contributed by atoms with Crippen molar-refractivity contribution < 1.29 is 5.11 Å². The van der Waals surface area contributed by atoms with E-state index in [4.69, 9.17) is 21.4 Å². The van der Waals surface area contributed by atoms with E-state index in [2.05, 4.69) is 41.2 Å². The van der Waals surface area contributed by atoms with Gasteiger partial charge in [-0.15, -0.1) is 0 Å². The lowest BCUT2D eigenvalue weighted by Crippen LogP contribution is -2.29. The van der Waals surface area contributed by atoms with Gasteiger partial charge in [-0.05, 0) is 38.8 Å². The van der Waals surface area contributed by atoms with Crippen molar-refractivity contribution in [3.63, 3.8) is 0 Å². The van der Waals surface area contributed by atoms with Gasteiger partial charge in [-0.2, -0.15) is 39.6 Å². The minimum absolute atomic E-state index is 0.0287. The lowest BCUT2D eigenvalue weighted by atomic mass is 9.91. The first-order valence-electron chi connectivity index (χ1n) is 19.6. The molecular formula is C39H48N18O. The molecule has 2 aliphatic rings. The molecule has 0 spiro atoms. The fraction of sp³-hybridized carbons (Fsp3) is 0.385. The summed E-state index contributed by atoms with van der Waals surface area (Å²) >= 11 is 0. The number of hydrogen-bond acceptors (Lipinski definition) is 13. The third kappa shape index (κ3) is 6.86. The Morgan fingerprint density at radius 2 is 1.05 bits per heavy atom. The van der Waals surface area contributed by atoms with Crippen molar-refractivity contribution in [1.82, 2.24) is 79.0 Å². The van der Waals surface area contributed by atoms with Crippen LogP contribution >= 0.6 is 0 Å². The van der Waals surface area contributed by atoms with Crippen LogP contribution in [0.2, 0.25) is 0 Å². The maximum Gasteiger partial charge on any atom is 0.165 e. The Kier molecular flexibility index (Phi) is 9.92. The Morgan fingerprint density at radius 1 is 0.603 bits per heavy atom. The van der Waals surface area contributed by atoms with Crippen LogP contribution in [0.3, 0.4) is 0 Å². The summed E-state index contributed by atoms with van der Waals surface area (Å²) in [6.07, 6.45) is 23.0. The SMILES string of the molecule is Cn1cc(-c2c(C3CCCNC3)nc3c(-c4cnn(C)c4)cnn3c2N)cn1.Cn1cc(-c2cnn3c(N)c(-c4cnn(CCO)c4)c(C4CCCNC4)nc23)cn1. The first-order valence-corrected chi connectivity index (χ1v) is 19.6. The molecule has 0 saturated carbocycles. The Bertz CT molecular complexity index is 2700. The largest absolute Gasteiger partial charge is 0.394 e. The fourth-order valence-corrected chi connectivity index (χ4v) is 8.21. The number of aryl methyl sites for hydroxylation is 3. The summed E-state index contributed by atoms with van der Waals surface area (Å²) in [6.45, 7) is 4.28. The highest BCUT2D eigenvalue weighted by Crippen LogP contribution is 2.39. The molecular weight excluding hydrogens is 737 g/mol. The number of nitrogens with one attached hydrogen (secondary N) is 2. The molecule has 19 heteroatoms. The smallest absolute Gasteiger partial charge is 0.165 e. The number of aliphatic hydroxyl groups is 1. The first kappa shape index (κ1) is 37.2. The number of nitrogen functional groups attached to an aromatic ring is 2. The molecule has 300 valence electrons. The number of piperidine rings is 2. The Morgan fingerprint density at radius 3 is 1.47 bits per heavy atom. The van der Waals surface area contributed by atoms with Crippen LogP contribution in [-0.4, -0.2) is 106 Å². The van der Waals surface area contributed by atoms with Gasteiger partial charge in [-0.1, -0.05) is 0 Å². The number of aromatic nitrogens is 14. The third-order valence-electron chi connectivity index (χ3n) is 11.1. The molecule has 0 aliphatic carbocycles. The molecule has 0 amide bonds. The van der Waals surface area contributed by atoms with E-state index >= 15 is 0 Å². The van der Waals surface area contributed by atoms with Gasteiger partial charge in [0.2, 0.25) is 0 Å². The Hall–Kier alpha value is -6.44. The number of fused-ring (bicyclic) bond motifs is 2. The first-order chi connectivity index (χ1) is 28.3. The predicted octanol–water partition coefficient (Wildman–Crippen LogP) is 2.61. The lowest BCUT2D eigenvalue weighted by Gasteiger charge is -2.25. The summed E-state index contributed by atoms with van der Waals surface area (Å²) in [6, 6.07) is 0. The van der Waals surface area contributed by atoms with E-state index in [1.54, 1.807) is 40.2 Å². The van der Waals surface area contributed by atoms with Crippen LogP contribution in [0.4, 0.5) is 11.6 Å². The zero-order chi connectivity index (χ0) is 39.9. The topological polar surface area (TPSA) is 228 Å². The van der Waals surface area contributed by atoms with E-state index in [1.807, 2.05) is 70.7 Å². The molecule has 0 bridgehead atoms. The van der Waals surface area contributed by atoms with E-state index < -0.39 is 0 Å². The number of nitrogens with two attached hydrogens (primary N) is 2. The van der Waals surface area contributed by atoms with E-state index in [0.717, 1.165) is 119 Å². The molecule has 8 aromatic rings. The molecule has 2 atom stereocenters. The van der Waals surface area contributed by atoms with Crippen LogP contribution in [0, 0.1) is 0 Å². The van der Waals surface area contributed by atoms with Crippen LogP contribution in [0.25, 0.3) is 55.8 Å². The van der Waals surface area contributed by atoms with Gasteiger partial charge in [0.15, 0.2) is 11.3 Å². The monoisotopic (exact) mass is 784 g/mol. The van der Waals surface area contributed by atoms with E-state index in [1.165, 1.54) is 0 Å². The zero-order valence-corrected chi connectivity index (χ0v) is 32.9. The predicted molar refractivity (Wildman–Crippen MR) is 219 cm³/mol. The van der Waals surface area contributed by atoms with E-state index in [9.17, 15) is 5.11 Å². The molecule has 10 rings (SSSR count). The van der Waals surface area contributed by atoms with Gasteiger partial charge < -0.3 is 27.2 Å². The van der Waals surface area contributed by atoms with Gasteiger partial charge in [0.25, 0.3) is 0 Å². The normalized spacial score (nSPS) is 17.2. The van der Waals surface area contributed by atoms with Gasteiger partial charge in [-0.25, -0.2) is 9.97 Å². The average molecular weight is 785 g/mol. The molecule has 8 aromatic heterocycles. The molecule has 0 aromatic carbocycles. The van der Waals surface area contributed by atoms with E-state index in [-0.39, 0.29) is 12.5 Å². The molecule has 2 fully saturated rings. The Balaban J connectivity index is 0.000000151. The summed E-state index contributed by atoms with van der Waals surface area (Å²) < 4.78 is 10.5. The van der Waals surface area contributed by atoms with Crippen molar-refractivity contribution in [2.45, 2.75) is 44.1 Å². The molecule has 2 aliphatic heterocycles. The van der Waals surface area contributed by atoms with Crippen molar-refractivity contribution in [3.05, 3.63) is 73.4 Å². The molecule has 0 radical (unpaired) electrons. The minimum atomic E-state index is 0.0287. The van der Waals surface area contributed by atoms with Crippen molar-refractivity contribution in [3.8, 4) is 44.5 Å². The maximum absolute atomic E-state index is 9.24. The van der Waals surface area contributed by atoms with Crippen molar-refractivity contribution in [1.29, 1.82) is 0 Å². The standard InChI is InChI=1S/C20H25N9O.C19H23N9/c1-27-11-14(8-23-27)16-10-25-29-19(21)17(15-9-24-28(12-15)5-6-30)18(26-20(16)29)13-3-2-4-22-7-13;1-26-10-13(7-22-26)15-9-24-28-18(20)16(14-8-23-27(2)11-14)17(25-19(15)28)12-4-3-5-21-6-12/h8-13,22,30H,2-7,21H2,1H3;7-12,21H,3-6,20H2,1-2H3. The molecule has 58 heavy (non-hydrogen) atoms. The lowest BCUT2D eigenvalue weighted by molar-refractivity contribution is 0.269. The molecule has 19 nitrogen and oxygen atoms in total. The van der Waals surface area contributed by atoms with Crippen LogP contribution in [-0.2, 0) is 27.7 Å². The summed E-state index contributed by atoms with van der Waals surface area (Å²) in [7, 11) is 5.69. The van der Waals surface area contributed by atoms with Crippen LogP contribution in [0.1, 0.15) is 48.9 Å². The zero-order valence-electron chi connectivity index (χ0n) is 32.9. The second-order valence-electron chi connectivity index (χ2n) is 15.1. The number of hydrogen-bond donors (Lipinski definition) is 5. The molecule has 10 heterocycles. The van der Waals surface area contributed by atoms with Crippen molar-refractivity contribution in [2.24, 2.45) is 21.1 Å². The maximum atomic E-state index is 9.24. The van der Waals surface area contributed by atoms with Gasteiger partial charge in [0.05, 0.1) is 61.7 Å². The quantitative estimate of drug-likeness (QED) is 0.150. The molecule has 7 N–H and O–H groups in total. The fourth-order valence-electron chi connectivity index (χ4n) is 8.21. The second-order valence-corrected chi connectivity index (χ2v) is 15.1. The third-order valence-corrected chi connectivity index (χ3v) is 11.1. The Labute approximate surface area is 333 Å². The van der Waals surface area contributed by atoms with E-state index in [0.29, 0.717) is 24.1 Å². The highest BCUT2D eigenvalue weighted by molar-refractivity contribution is 5.85. The van der Waals surface area contributed by atoms with Crippen LogP contribution in [0.15, 0.2) is 62.0 Å². The molecule has 2 saturated heterocycles.